The van der Waals surface area contributed by atoms with Gasteiger partial charge in [-0.05, 0) is 44.0 Å². The van der Waals surface area contributed by atoms with E-state index in [4.69, 9.17) is 0 Å². The summed E-state index contributed by atoms with van der Waals surface area (Å²) in [6, 6.07) is 5.48. The van der Waals surface area contributed by atoms with E-state index in [9.17, 15) is 13.2 Å². The number of halogens is 3. The Labute approximate surface area is 119 Å². The highest BCUT2D eigenvalue weighted by Crippen LogP contribution is 2.44. The maximum Gasteiger partial charge on any atom is 0.161 e. The molecule has 0 bridgehead atoms. The highest BCUT2D eigenvalue weighted by molar-refractivity contribution is 7.15. The first kappa shape index (κ1) is 13.6. The lowest BCUT2D eigenvalue weighted by Crippen LogP contribution is -2.16. The van der Waals surface area contributed by atoms with Gasteiger partial charge in [0.2, 0.25) is 0 Å². The van der Waals surface area contributed by atoms with Gasteiger partial charge in [-0.1, -0.05) is 0 Å². The first-order valence-electron chi connectivity index (χ1n) is 6.52. The molecule has 3 rings (SSSR count). The van der Waals surface area contributed by atoms with Gasteiger partial charge in [0.1, 0.15) is 5.82 Å². The number of benzene rings is 1. The summed E-state index contributed by atoms with van der Waals surface area (Å²) in [6.45, 7) is 0. The fraction of sp³-hybridized carbons (Fsp3) is 0.333. The molecule has 1 nitrogen and oxygen atoms in total. The summed E-state index contributed by atoms with van der Waals surface area (Å²) in [4.78, 5) is 1.73. The molecule has 0 saturated heterocycles. The molecule has 1 unspecified atom stereocenters. The zero-order valence-electron chi connectivity index (χ0n) is 10.9. The molecule has 1 aromatic carbocycles. The molecule has 0 amide bonds. The van der Waals surface area contributed by atoms with Crippen molar-refractivity contribution in [2.24, 2.45) is 5.92 Å². The minimum atomic E-state index is -1.16. The Bertz CT molecular complexity index is 634. The molecular formula is C15H14F3NS. The minimum Gasteiger partial charge on any atom is -0.312 e. The van der Waals surface area contributed by atoms with Crippen LogP contribution in [0.15, 0.2) is 24.3 Å². The lowest BCUT2D eigenvalue weighted by atomic mass is 10.1. The monoisotopic (exact) mass is 297 g/mol. The molecule has 1 saturated carbocycles. The molecule has 5 heteroatoms. The van der Waals surface area contributed by atoms with Crippen LogP contribution in [0.3, 0.4) is 0 Å². The van der Waals surface area contributed by atoms with Crippen LogP contribution in [-0.2, 0) is 0 Å². The van der Waals surface area contributed by atoms with Crippen molar-refractivity contribution in [3.63, 3.8) is 0 Å². The third-order valence-electron chi connectivity index (χ3n) is 3.61. The highest BCUT2D eigenvalue weighted by Gasteiger charge is 2.32. The van der Waals surface area contributed by atoms with E-state index in [0.717, 1.165) is 10.9 Å². The lowest BCUT2D eigenvalue weighted by molar-refractivity contribution is 0.496. The van der Waals surface area contributed by atoms with Crippen molar-refractivity contribution in [3.05, 3.63) is 46.6 Å². The minimum absolute atomic E-state index is 0.116. The standard InChI is InChI=1S/C15H14F3NS/c1-19-15(8-2-3-8)14-5-4-13(20-14)9-6-11(17)12(18)7-10(9)16/h4-8,15,19H,2-3H2,1H3. The van der Waals surface area contributed by atoms with Gasteiger partial charge < -0.3 is 5.32 Å². The van der Waals surface area contributed by atoms with Gasteiger partial charge in [0.15, 0.2) is 11.6 Å². The Hall–Kier alpha value is -1.33. The van der Waals surface area contributed by atoms with Crippen LogP contribution in [0.5, 0.6) is 0 Å². The molecule has 1 atom stereocenters. The maximum atomic E-state index is 13.8. The number of thiophene rings is 1. The first-order valence-corrected chi connectivity index (χ1v) is 7.33. The van der Waals surface area contributed by atoms with Crippen LogP contribution in [0.25, 0.3) is 10.4 Å². The van der Waals surface area contributed by atoms with E-state index in [2.05, 4.69) is 5.32 Å². The summed E-state index contributed by atoms with van der Waals surface area (Å²) in [6.07, 6.45) is 2.39. The van der Waals surface area contributed by atoms with Crippen molar-refractivity contribution < 1.29 is 13.2 Å². The van der Waals surface area contributed by atoms with Gasteiger partial charge in [0.05, 0.1) is 0 Å². The Morgan fingerprint density at radius 1 is 1.10 bits per heavy atom. The normalized spacial score (nSPS) is 16.4. The molecule has 0 spiro atoms. The van der Waals surface area contributed by atoms with E-state index < -0.39 is 17.5 Å². The molecule has 2 aromatic rings. The van der Waals surface area contributed by atoms with E-state index in [-0.39, 0.29) is 11.6 Å². The van der Waals surface area contributed by atoms with Crippen molar-refractivity contribution in [1.29, 1.82) is 0 Å². The lowest BCUT2D eigenvalue weighted by Gasteiger charge is -2.12. The number of rotatable bonds is 4. The predicted molar refractivity (Wildman–Crippen MR) is 74.2 cm³/mol. The van der Waals surface area contributed by atoms with E-state index in [1.165, 1.54) is 24.2 Å². The number of hydrogen-bond acceptors (Lipinski definition) is 2. The van der Waals surface area contributed by atoms with E-state index in [1.807, 2.05) is 13.1 Å². The fourth-order valence-corrected chi connectivity index (χ4v) is 3.65. The summed E-state index contributed by atoms with van der Waals surface area (Å²) in [5, 5.41) is 3.26. The average Bonchev–Trinajstić information content (AvgIpc) is 3.13. The molecule has 20 heavy (non-hydrogen) atoms. The van der Waals surface area contributed by atoms with Gasteiger partial charge >= 0.3 is 0 Å². The van der Waals surface area contributed by atoms with Gasteiger partial charge in [-0.2, -0.15) is 0 Å². The topological polar surface area (TPSA) is 12.0 Å². The van der Waals surface area contributed by atoms with Gasteiger partial charge in [0.25, 0.3) is 0 Å². The Kier molecular flexibility index (Phi) is 3.56. The summed E-state index contributed by atoms with van der Waals surface area (Å²) >= 11 is 1.42. The Morgan fingerprint density at radius 2 is 1.80 bits per heavy atom. The van der Waals surface area contributed by atoms with Crippen molar-refractivity contribution in [3.8, 4) is 10.4 Å². The zero-order valence-corrected chi connectivity index (χ0v) is 11.7. The van der Waals surface area contributed by atoms with Crippen LogP contribution < -0.4 is 5.32 Å². The Morgan fingerprint density at radius 3 is 2.45 bits per heavy atom. The smallest absolute Gasteiger partial charge is 0.161 e. The summed E-state index contributed by atoms with van der Waals surface area (Å²) in [7, 11) is 1.90. The largest absolute Gasteiger partial charge is 0.312 e. The SMILES string of the molecule is CNC(c1ccc(-c2cc(F)c(F)cc2F)s1)C1CC1. The van der Waals surface area contributed by atoms with Crippen LogP contribution in [-0.4, -0.2) is 7.05 Å². The van der Waals surface area contributed by atoms with Gasteiger partial charge in [-0.3, -0.25) is 0 Å². The van der Waals surface area contributed by atoms with Gasteiger partial charge in [-0.15, -0.1) is 11.3 Å². The third kappa shape index (κ3) is 2.47. The van der Waals surface area contributed by atoms with E-state index in [1.54, 1.807) is 6.07 Å². The Balaban J connectivity index is 1.95. The van der Waals surface area contributed by atoms with Crippen LogP contribution >= 0.6 is 11.3 Å². The number of hydrogen-bond donors (Lipinski definition) is 1. The van der Waals surface area contributed by atoms with Crippen LogP contribution in [0, 0.1) is 23.4 Å². The molecule has 1 heterocycles. The van der Waals surface area contributed by atoms with Crippen molar-refractivity contribution in [1.82, 2.24) is 5.32 Å². The maximum absolute atomic E-state index is 13.8. The second-order valence-corrected chi connectivity index (χ2v) is 6.17. The quantitative estimate of drug-likeness (QED) is 0.819. The highest BCUT2D eigenvalue weighted by atomic mass is 32.1. The fourth-order valence-electron chi connectivity index (χ4n) is 2.42. The molecule has 1 aliphatic carbocycles. The van der Waals surface area contributed by atoms with Crippen LogP contribution in [0.2, 0.25) is 0 Å². The predicted octanol–water partition coefficient (Wildman–Crippen LogP) is 4.50. The van der Waals surface area contributed by atoms with Crippen molar-refractivity contribution in [2.75, 3.05) is 7.05 Å². The summed E-state index contributed by atoms with van der Waals surface area (Å²) in [5.41, 5.74) is 0.116. The molecule has 0 radical (unpaired) electrons. The average molecular weight is 297 g/mol. The van der Waals surface area contributed by atoms with E-state index >= 15 is 0 Å². The number of nitrogens with one attached hydrogen (secondary N) is 1. The molecule has 1 aromatic heterocycles. The second-order valence-electron chi connectivity index (χ2n) is 5.05. The van der Waals surface area contributed by atoms with Crippen molar-refractivity contribution in [2.45, 2.75) is 18.9 Å². The zero-order chi connectivity index (χ0) is 14.3. The second kappa shape index (κ2) is 5.22. The van der Waals surface area contributed by atoms with Crippen LogP contribution in [0.4, 0.5) is 13.2 Å². The molecule has 1 N–H and O–H groups in total. The third-order valence-corrected chi connectivity index (χ3v) is 4.81. The molecule has 1 aliphatic rings. The van der Waals surface area contributed by atoms with Crippen molar-refractivity contribution >= 4 is 11.3 Å². The molecule has 0 aliphatic heterocycles. The van der Waals surface area contributed by atoms with E-state index in [0.29, 0.717) is 16.9 Å². The molecular weight excluding hydrogens is 283 g/mol. The van der Waals surface area contributed by atoms with Gasteiger partial charge in [-0.25, -0.2) is 13.2 Å². The van der Waals surface area contributed by atoms with Crippen LogP contribution in [0.1, 0.15) is 23.8 Å². The summed E-state index contributed by atoms with van der Waals surface area (Å²) in [5.74, 6) is -2.29. The van der Waals surface area contributed by atoms with Gasteiger partial charge in [0, 0.05) is 27.4 Å². The first-order chi connectivity index (χ1) is 9.60. The molecule has 1 fully saturated rings. The molecule has 106 valence electrons. The summed E-state index contributed by atoms with van der Waals surface area (Å²) < 4.78 is 40.0.